The van der Waals surface area contributed by atoms with E-state index in [-0.39, 0.29) is 4.90 Å². The lowest BCUT2D eigenvalue weighted by Crippen LogP contribution is -2.13. The van der Waals surface area contributed by atoms with Crippen LogP contribution in [0.15, 0.2) is 138 Å². The predicted octanol–water partition coefficient (Wildman–Crippen LogP) is 10.6. The number of benzene rings is 4. The lowest BCUT2D eigenvalue weighted by Gasteiger charge is -2.08. The molecule has 3 aromatic heterocycles. The largest absolute Gasteiger partial charge is 0.456 e. The topological polar surface area (TPSA) is 103 Å². The average molecular weight is 771 g/mol. The van der Waals surface area contributed by atoms with E-state index < -0.39 is 10.0 Å². The van der Waals surface area contributed by atoms with Crippen molar-refractivity contribution in [1.29, 1.82) is 5.26 Å². The number of nitrogens with zero attached hydrogens (tertiary/aromatic N) is 5. The number of hydrogen-bond acceptors (Lipinski definition) is 7. The third kappa shape index (κ3) is 9.15. The zero-order valence-corrected chi connectivity index (χ0v) is 30.4. The second-order valence-electron chi connectivity index (χ2n) is 10.8. The second-order valence-corrected chi connectivity index (χ2v) is 14.9. The molecule has 0 aliphatic carbocycles. The molecule has 0 bridgehead atoms. The summed E-state index contributed by atoms with van der Waals surface area (Å²) >= 11 is 19.4. The third-order valence-electron chi connectivity index (χ3n) is 7.27. The molecular weight excluding hydrogens is 745 g/mol. The fourth-order valence-corrected chi connectivity index (χ4v) is 6.91. The van der Waals surface area contributed by atoms with Crippen LogP contribution in [0.25, 0.3) is 23.4 Å². The Kier molecular flexibility index (Phi) is 11.4. The molecule has 0 radical (unpaired) electrons. The van der Waals surface area contributed by atoms with E-state index in [2.05, 4.69) is 16.3 Å². The number of nitriles is 1. The minimum absolute atomic E-state index is 0.147. The van der Waals surface area contributed by atoms with E-state index in [9.17, 15) is 13.7 Å². The molecule has 0 fully saturated rings. The summed E-state index contributed by atoms with van der Waals surface area (Å²) in [4.78, 5) is 1.23. The van der Waals surface area contributed by atoms with Crippen molar-refractivity contribution in [3.63, 3.8) is 0 Å². The van der Waals surface area contributed by atoms with E-state index in [1.807, 2.05) is 89.1 Å². The summed E-state index contributed by atoms with van der Waals surface area (Å²) in [6.45, 7) is 0.671. The number of ether oxygens (including phenoxy) is 1. The van der Waals surface area contributed by atoms with Crippen LogP contribution in [-0.2, 0) is 16.6 Å². The maximum absolute atomic E-state index is 12.4. The maximum atomic E-state index is 12.4. The van der Waals surface area contributed by atoms with Crippen molar-refractivity contribution in [2.45, 2.75) is 11.4 Å². The maximum Gasteiger partial charge on any atom is 0.282 e. The van der Waals surface area contributed by atoms with E-state index in [4.69, 9.17) is 39.5 Å². The van der Waals surface area contributed by atoms with E-state index in [1.54, 1.807) is 41.7 Å². The molecular formula is C38H26Cl3N5O3S2. The second kappa shape index (κ2) is 16.2. The first-order valence-corrected chi connectivity index (χ1v) is 18.7. The molecule has 7 rings (SSSR count). The van der Waals surface area contributed by atoms with Crippen molar-refractivity contribution in [3.05, 3.63) is 170 Å². The van der Waals surface area contributed by atoms with Gasteiger partial charge in [0, 0.05) is 32.9 Å². The first-order valence-electron chi connectivity index (χ1n) is 15.2. The first kappa shape index (κ1) is 35.7. The van der Waals surface area contributed by atoms with Gasteiger partial charge in [-0.05, 0) is 114 Å². The fraction of sp³-hybridized carbons (Fsp3) is 0.0263. The summed E-state index contributed by atoms with van der Waals surface area (Å²) in [5.74, 6) is 1.05. The van der Waals surface area contributed by atoms with Gasteiger partial charge in [-0.3, -0.25) is 4.68 Å². The highest BCUT2D eigenvalue weighted by atomic mass is 35.5. The van der Waals surface area contributed by atoms with Gasteiger partial charge < -0.3 is 4.74 Å². The van der Waals surface area contributed by atoms with Crippen LogP contribution in [0.2, 0.25) is 15.1 Å². The molecule has 51 heavy (non-hydrogen) atoms. The van der Waals surface area contributed by atoms with Crippen molar-refractivity contribution in [2.24, 2.45) is 0 Å². The standard InChI is InChI=1S/C23H15Cl2N3O.C15H11ClN2O2S2/c24-18-8-4-16(5-9-18)15-28-13-12-22(27-28)17-6-10-19(11-7-17)29-23-3-1-2-21(25)20(23)14-26;16-12-3-7-15(8-4-12)22(19,20)18-10-9-13(17-18)5-6-14-2-1-11-21-14/h1-13H,15H2;1-11H. The van der Waals surface area contributed by atoms with Crippen LogP contribution in [0, 0.1) is 11.3 Å². The quantitative estimate of drug-likeness (QED) is 0.145. The number of halogens is 3. The van der Waals surface area contributed by atoms with Gasteiger partial charge in [-0.1, -0.05) is 59.1 Å². The Bertz CT molecular complexity index is 2420. The fourth-order valence-electron chi connectivity index (χ4n) is 4.71. The van der Waals surface area contributed by atoms with Gasteiger partial charge in [0.05, 0.1) is 27.9 Å². The van der Waals surface area contributed by atoms with Gasteiger partial charge in [0.25, 0.3) is 10.0 Å². The summed E-state index contributed by atoms with van der Waals surface area (Å²) in [6, 6.07) is 36.0. The van der Waals surface area contributed by atoms with Crippen LogP contribution < -0.4 is 4.74 Å². The number of hydrogen-bond donors (Lipinski definition) is 0. The van der Waals surface area contributed by atoms with E-state index in [0.29, 0.717) is 39.3 Å². The van der Waals surface area contributed by atoms with Gasteiger partial charge in [0.2, 0.25) is 0 Å². The summed E-state index contributed by atoms with van der Waals surface area (Å²) in [6.07, 6.45) is 7.05. The summed E-state index contributed by atoms with van der Waals surface area (Å²) < 4.78 is 33.5. The Morgan fingerprint density at radius 3 is 2.20 bits per heavy atom. The van der Waals surface area contributed by atoms with E-state index in [1.165, 1.54) is 30.5 Å². The zero-order chi connectivity index (χ0) is 35.8. The van der Waals surface area contributed by atoms with Gasteiger partial charge in [-0.2, -0.15) is 28.0 Å². The molecule has 0 atom stereocenters. The SMILES string of the molecule is N#Cc1c(Cl)cccc1Oc1ccc(-c2ccn(Cc3ccc(Cl)cc3)n2)cc1.O=S(=O)(c1ccc(Cl)cc1)n1ccc(C=Cc2cccs2)n1. The van der Waals surface area contributed by atoms with E-state index >= 15 is 0 Å². The smallest absolute Gasteiger partial charge is 0.282 e. The lowest BCUT2D eigenvalue weighted by molar-refractivity contribution is 0.481. The molecule has 13 heteroatoms. The van der Waals surface area contributed by atoms with Crippen molar-refractivity contribution in [1.82, 2.24) is 19.0 Å². The van der Waals surface area contributed by atoms with Gasteiger partial charge in [0.15, 0.2) is 0 Å². The molecule has 0 saturated heterocycles. The van der Waals surface area contributed by atoms with E-state index in [0.717, 1.165) is 30.8 Å². The third-order valence-corrected chi connectivity index (χ3v) is 10.5. The normalized spacial score (nSPS) is 11.2. The molecule has 254 valence electrons. The Labute approximate surface area is 314 Å². The van der Waals surface area contributed by atoms with Gasteiger partial charge >= 0.3 is 0 Å². The molecule has 8 nitrogen and oxygen atoms in total. The lowest BCUT2D eigenvalue weighted by atomic mass is 10.1. The Morgan fingerprint density at radius 2 is 1.51 bits per heavy atom. The zero-order valence-electron chi connectivity index (χ0n) is 26.5. The van der Waals surface area contributed by atoms with Crippen LogP contribution in [-0.4, -0.2) is 27.4 Å². The van der Waals surface area contributed by atoms with Crippen LogP contribution >= 0.6 is 46.1 Å². The Balaban J connectivity index is 0.000000183. The van der Waals surface area contributed by atoms with Crippen molar-refractivity contribution in [3.8, 4) is 28.8 Å². The summed E-state index contributed by atoms with van der Waals surface area (Å²) in [5.41, 5.74) is 3.86. The van der Waals surface area contributed by atoms with Crippen LogP contribution in [0.4, 0.5) is 0 Å². The average Bonchev–Trinajstić information content (AvgIpc) is 3.93. The Morgan fingerprint density at radius 1 is 0.784 bits per heavy atom. The molecule has 0 spiro atoms. The molecule has 0 amide bonds. The predicted molar refractivity (Wildman–Crippen MR) is 204 cm³/mol. The number of rotatable bonds is 9. The molecule has 0 aliphatic rings. The number of thiophene rings is 1. The molecule has 7 aromatic rings. The monoisotopic (exact) mass is 769 g/mol. The molecule has 0 N–H and O–H groups in total. The van der Waals surface area contributed by atoms with Crippen molar-refractivity contribution >= 4 is 68.3 Å². The summed E-state index contributed by atoms with van der Waals surface area (Å²) in [7, 11) is -3.69. The van der Waals surface area contributed by atoms with Crippen molar-refractivity contribution in [2.75, 3.05) is 0 Å². The number of aromatic nitrogens is 4. The summed E-state index contributed by atoms with van der Waals surface area (Å²) in [5, 5.41) is 21.5. The highest BCUT2D eigenvalue weighted by Crippen LogP contribution is 2.31. The molecule has 0 unspecified atom stereocenters. The van der Waals surface area contributed by atoms with Gasteiger partial charge in [-0.25, -0.2) is 0 Å². The molecule has 4 aromatic carbocycles. The minimum atomic E-state index is -3.69. The van der Waals surface area contributed by atoms with Crippen molar-refractivity contribution < 1.29 is 13.2 Å². The van der Waals surface area contributed by atoms with Gasteiger partial charge in [0.1, 0.15) is 23.1 Å². The molecule has 0 aliphatic heterocycles. The van der Waals surface area contributed by atoms with Crippen LogP contribution in [0.3, 0.4) is 0 Å². The first-order chi connectivity index (χ1) is 24.7. The highest BCUT2D eigenvalue weighted by Gasteiger charge is 2.17. The molecule has 3 heterocycles. The highest BCUT2D eigenvalue weighted by molar-refractivity contribution is 7.89. The molecule has 0 saturated carbocycles. The van der Waals surface area contributed by atoms with Crippen LogP contribution in [0.5, 0.6) is 11.5 Å². The minimum Gasteiger partial charge on any atom is -0.456 e. The van der Waals surface area contributed by atoms with Crippen LogP contribution in [0.1, 0.15) is 21.7 Å². The Hall–Kier alpha value is -5.15. The van der Waals surface area contributed by atoms with Gasteiger partial charge in [-0.15, -0.1) is 11.3 Å².